The van der Waals surface area contributed by atoms with Crippen LogP contribution in [0.4, 0.5) is 5.13 Å². The first-order valence-corrected chi connectivity index (χ1v) is 15.0. The number of hydrogen-bond acceptors (Lipinski definition) is 7. The van der Waals surface area contributed by atoms with Gasteiger partial charge in [0.15, 0.2) is 5.13 Å². The third-order valence-corrected chi connectivity index (χ3v) is 8.83. The van der Waals surface area contributed by atoms with Crippen LogP contribution in [0.5, 0.6) is 11.5 Å². The summed E-state index contributed by atoms with van der Waals surface area (Å²) in [5.41, 5.74) is 3.60. The van der Waals surface area contributed by atoms with Crippen LogP contribution in [0.25, 0.3) is 16.0 Å². The van der Waals surface area contributed by atoms with Gasteiger partial charge in [0.05, 0.1) is 21.8 Å². The first kappa shape index (κ1) is 27.2. The number of nitrogens with zero attached hydrogens (tertiary/aromatic N) is 2. The van der Waals surface area contributed by atoms with Gasteiger partial charge < -0.3 is 14.6 Å². The van der Waals surface area contributed by atoms with Crippen molar-refractivity contribution >= 4 is 55.7 Å². The minimum Gasteiger partial charge on any atom is -0.507 e. The van der Waals surface area contributed by atoms with E-state index in [1.807, 2.05) is 61.5 Å². The van der Waals surface area contributed by atoms with Crippen LogP contribution in [0, 0.1) is 0 Å². The van der Waals surface area contributed by atoms with Crippen molar-refractivity contribution < 1.29 is 24.2 Å². The lowest BCUT2D eigenvalue weighted by molar-refractivity contribution is -0.132. The van der Waals surface area contributed by atoms with E-state index in [0.29, 0.717) is 45.6 Å². The molecule has 9 heteroatoms. The number of fused-ring (bicyclic) bond motifs is 2. The Morgan fingerprint density at radius 3 is 2.72 bits per heavy atom. The molecule has 7 nitrogen and oxygen atoms in total. The maximum Gasteiger partial charge on any atom is 0.301 e. The van der Waals surface area contributed by atoms with Crippen LogP contribution >= 0.6 is 22.9 Å². The first-order chi connectivity index (χ1) is 20.9. The number of halogens is 1. The van der Waals surface area contributed by atoms with Crippen LogP contribution in [-0.2, 0) is 22.6 Å². The lowest BCUT2D eigenvalue weighted by Crippen LogP contribution is -2.29. The summed E-state index contributed by atoms with van der Waals surface area (Å²) < 4.78 is 12.7. The number of aliphatic hydroxyl groups excluding tert-OH is 1. The monoisotopic (exact) mass is 608 g/mol. The molecule has 0 saturated carbocycles. The molecule has 0 radical (unpaired) electrons. The first-order valence-electron chi connectivity index (χ1n) is 13.8. The number of aliphatic hydroxyl groups is 1. The van der Waals surface area contributed by atoms with Gasteiger partial charge in [0.25, 0.3) is 5.78 Å². The summed E-state index contributed by atoms with van der Waals surface area (Å²) in [4.78, 5) is 33.5. The number of aromatic nitrogens is 1. The predicted molar refractivity (Wildman–Crippen MR) is 167 cm³/mol. The minimum absolute atomic E-state index is 0.0177. The van der Waals surface area contributed by atoms with Crippen molar-refractivity contribution in [2.24, 2.45) is 0 Å². The molecule has 1 saturated heterocycles. The van der Waals surface area contributed by atoms with E-state index in [2.05, 4.69) is 4.98 Å². The molecule has 4 aromatic carbocycles. The molecule has 43 heavy (non-hydrogen) atoms. The van der Waals surface area contributed by atoms with Crippen molar-refractivity contribution in [1.29, 1.82) is 0 Å². The summed E-state index contributed by atoms with van der Waals surface area (Å²) in [5, 5.41) is 12.5. The third kappa shape index (κ3) is 5.02. The van der Waals surface area contributed by atoms with Gasteiger partial charge in [0.2, 0.25) is 0 Å². The van der Waals surface area contributed by atoms with E-state index in [-0.39, 0.29) is 17.4 Å². The quantitative estimate of drug-likeness (QED) is 0.122. The molecule has 2 aliphatic rings. The fourth-order valence-corrected chi connectivity index (χ4v) is 6.84. The van der Waals surface area contributed by atoms with Crippen molar-refractivity contribution in [3.63, 3.8) is 0 Å². The van der Waals surface area contributed by atoms with E-state index in [4.69, 9.17) is 21.1 Å². The highest BCUT2D eigenvalue weighted by molar-refractivity contribution is 7.22. The second kappa shape index (κ2) is 10.9. The van der Waals surface area contributed by atoms with Crippen LogP contribution in [-0.4, -0.2) is 27.9 Å². The Morgan fingerprint density at radius 2 is 1.88 bits per heavy atom. The summed E-state index contributed by atoms with van der Waals surface area (Å²) in [6, 6.07) is 26.6. The number of rotatable bonds is 6. The molecule has 2 aliphatic heterocycles. The Kier molecular flexibility index (Phi) is 6.88. The number of ether oxygens (including phenoxy) is 2. The number of thiazole rings is 1. The third-order valence-electron chi connectivity index (χ3n) is 7.58. The van der Waals surface area contributed by atoms with E-state index in [9.17, 15) is 14.7 Å². The molecule has 1 N–H and O–H groups in total. The fourth-order valence-electron chi connectivity index (χ4n) is 5.57. The molecule has 1 amide bonds. The number of benzene rings is 4. The van der Waals surface area contributed by atoms with Crippen molar-refractivity contribution in [3.8, 4) is 11.5 Å². The Morgan fingerprint density at radius 1 is 1.05 bits per heavy atom. The number of hydrogen-bond donors (Lipinski definition) is 1. The van der Waals surface area contributed by atoms with E-state index >= 15 is 0 Å². The van der Waals surface area contributed by atoms with Crippen molar-refractivity contribution in [2.75, 3.05) is 4.90 Å². The van der Waals surface area contributed by atoms with E-state index in [0.717, 1.165) is 21.6 Å². The predicted octanol–water partition coefficient (Wildman–Crippen LogP) is 7.48. The smallest absolute Gasteiger partial charge is 0.301 e. The van der Waals surface area contributed by atoms with Gasteiger partial charge in [-0.15, -0.1) is 0 Å². The summed E-state index contributed by atoms with van der Waals surface area (Å²) in [7, 11) is 0. The SMILES string of the molecule is CC1Cc2cc(/C(O)=C3/C(=O)C(=O)N(c4nc5ccc(Cl)cc5s4)C3c3cccc(OCc4ccccc4)c3)ccc2O1. The van der Waals surface area contributed by atoms with Gasteiger partial charge in [-0.3, -0.25) is 14.5 Å². The maximum absolute atomic E-state index is 13.7. The molecule has 7 rings (SSSR count). The molecule has 2 unspecified atom stereocenters. The van der Waals surface area contributed by atoms with Gasteiger partial charge in [-0.1, -0.05) is 65.4 Å². The van der Waals surface area contributed by atoms with Gasteiger partial charge in [-0.2, -0.15) is 0 Å². The molecular weight excluding hydrogens is 584 g/mol. The zero-order valence-electron chi connectivity index (χ0n) is 23.0. The standard InChI is InChI=1S/C34H25ClN2O5S/c1-19-14-23-15-22(10-13-27(23)42-19)31(38)29-30(21-8-5-9-25(16-21)41-18-20-6-3-2-4-7-20)37(33(40)32(29)39)34-36-26-12-11-24(35)17-28(26)43-34/h2-13,15-17,19,30,38H,14,18H2,1H3/b31-29-. The molecule has 2 atom stereocenters. The molecule has 0 aliphatic carbocycles. The zero-order chi connectivity index (χ0) is 29.7. The molecule has 5 aromatic rings. The normalized spacial score (nSPS) is 19.1. The topological polar surface area (TPSA) is 89.0 Å². The van der Waals surface area contributed by atoms with Crippen LogP contribution in [0.2, 0.25) is 5.02 Å². The highest BCUT2D eigenvalue weighted by Crippen LogP contribution is 2.45. The van der Waals surface area contributed by atoms with Gasteiger partial charge >= 0.3 is 5.91 Å². The van der Waals surface area contributed by atoms with Gasteiger partial charge in [0, 0.05) is 17.0 Å². The molecule has 3 heterocycles. The summed E-state index contributed by atoms with van der Waals surface area (Å²) in [6.07, 6.45) is 0.702. The van der Waals surface area contributed by atoms with Crippen LogP contribution in [0.3, 0.4) is 0 Å². The average molecular weight is 609 g/mol. The number of carbonyl (C=O) groups excluding carboxylic acids is 2. The number of Topliss-reactive ketones (excluding diaryl/α,β-unsaturated/α-hetero) is 1. The summed E-state index contributed by atoms with van der Waals surface area (Å²) >= 11 is 7.47. The number of carbonyl (C=O) groups is 2. The van der Waals surface area contributed by atoms with Crippen LogP contribution < -0.4 is 14.4 Å². The van der Waals surface area contributed by atoms with Crippen LogP contribution in [0.1, 0.15) is 35.2 Å². The van der Waals surface area contributed by atoms with E-state index in [1.54, 1.807) is 36.4 Å². The number of amides is 1. The van der Waals surface area contributed by atoms with Crippen molar-refractivity contribution in [2.45, 2.75) is 32.1 Å². The zero-order valence-corrected chi connectivity index (χ0v) is 24.6. The second-order valence-electron chi connectivity index (χ2n) is 10.6. The van der Waals surface area contributed by atoms with Gasteiger partial charge in [0.1, 0.15) is 30.0 Å². The van der Waals surface area contributed by atoms with Crippen molar-refractivity contribution in [3.05, 3.63) is 124 Å². The van der Waals surface area contributed by atoms with E-state index < -0.39 is 17.7 Å². The molecular formula is C34H25ClN2O5S. The van der Waals surface area contributed by atoms with Crippen LogP contribution in [0.15, 0.2) is 96.6 Å². The lowest BCUT2D eigenvalue weighted by atomic mass is 9.94. The Bertz CT molecular complexity index is 1940. The average Bonchev–Trinajstić information content (AvgIpc) is 3.68. The molecule has 0 bridgehead atoms. The van der Waals surface area contributed by atoms with Gasteiger partial charge in [-0.05, 0) is 72.1 Å². The highest BCUT2D eigenvalue weighted by Gasteiger charge is 2.48. The Balaban J connectivity index is 1.35. The summed E-state index contributed by atoms with van der Waals surface area (Å²) in [5.74, 6) is -0.511. The fraction of sp³-hybridized carbons (Fsp3) is 0.147. The van der Waals surface area contributed by atoms with E-state index in [1.165, 1.54) is 16.2 Å². The molecule has 214 valence electrons. The maximum atomic E-state index is 13.7. The molecule has 0 spiro atoms. The molecule has 1 aromatic heterocycles. The molecule has 1 fully saturated rings. The Hall–Kier alpha value is -4.66. The Labute approximate surface area is 256 Å². The number of ketones is 1. The van der Waals surface area contributed by atoms with Crippen molar-refractivity contribution in [1.82, 2.24) is 4.98 Å². The van der Waals surface area contributed by atoms with Gasteiger partial charge in [-0.25, -0.2) is 4.98 Å². The lowest BCUT2D eigenvalue weighted by Gasteiger charge is -2.23. The largest absolute Gasteiger partial charge is 0.507 e. The highest BCUT2D eigenvalue weighted by atomic mass is 35.5. The minimum atomic E-state index is -0.945. The number of anilines is 1. The summed E-state index contributed by atoms with van der Waals surface area (Å²) in [6.45, 7) is 2.32. The second-order valence-corrected chi connectivity index (χ2v) is 12.0.